The maximum Gasteiger partial charge on any atom is 0.192 e. The molecule has 0 aliphatic carbocycles. The minimum atomic E-state index is -1.59. The third-order valence-electron chi connectivity index (χ3n) is 4.21. The van der Waals surface area contributed by atoms with E-state index in [9.17, 15) is 0 Å². The van der Waals surface area contributed by atoms with E-state index in [1.807, 2.05) is 0 Å². The van der Waals surface area contributed by atoms with Crippen LogP contribution in [-0.2, 0) is 4.43 Å². The van der Waals surface area contributed by atoms with Crippen molar-refractivity contribution in [1.82, 2.24) is 5.32 Å². The van der Waals surface area contributed by atoms with Crippen molar-refractivity contribution in [2.75, 3.05) is 6.54 Å². The van der Waals surface area contributed by atoms with Crippen molar-refractivity contribution in [2.45, 2.75) is 77.2 Å². The highest BCUT2D eigenvalue weighted by Crippen LogP contribution is 2.38. The van der Waals surface area contributed by atoms with Crippen molar-refractivity contribution in [3.05, 3.63) is 0 Å². The largest absolute Gasteiger partial charge is 0.412 e. The molecule has 3 heteroatoms. The molecule has 16 heavy (non-hydrogen) atoms. The predicted molar refractivity (Wildman–Crippen MR) is 73.4 cm³/mol. The summed E-state index contributed by atoms with van der Waals surface area (Å²) in [5, 5.41) is 3.91. The summed E-state index contributed by atoms with van der Waals surface area (Å²) in [5.41, 5.74) is 0. The van der Waals surface area contributed by atoms with Gasteiger partial charge in [-0.05, 0) is 43.9 Å². The minimum Gasteiger partial charge on any atom is -0.412 e. The predicted octanol–water partition coefficient (Wildman–Crippen LogP) is 3.54. The van der Waals surface area contributed by atoms with Crippen LogP contribution in [0.3, 0.4) is 0 Å². The quantitative estimate of drug-likeness (QED) is 0.766. The Bertz CT molecular complexity index is 222. The Balaban J connectivity index is 2.64. The number of hydrogen-bond acceptors (Lipinski definition) is 2. The van der Waals surface area contributed by atoms with E-state index in [1.165, 1.54) is 19.3 Å². The van der Waals surface area contributed by atoms with E-state index >= 15 is 0 Å². The highest BCUT2D eigenvalue weighted by molar-refractivity contribution is 6.74. The normalized spacial score (nSPS) is 28.1. The lowest BCUT2D eigenvalue weighted by Crippen LogP contribution is -2.52. The van der Waals surface area contributed by atoms with Crippen LogP contribution in [-0.4, -0.2) is 27.0 Å². The van der Waals surface area contributed by atoms with E-state index in [-0.39, 0.29) is 0 Å². The molecule has 0 aromatic rings. The molecule has 1 saturated heterocycles. The van der Waals surface area contributed by atoms with E-state index in [2.05, 4.69) is 46.1 Å². The Labute approximate surface area is 102 Å². The van der Waals surface area contributed by atoms with Crippen molar-refractivity contribution < 1.29 is 4.43 Å². The maximum atomic E-state index is 6.52. The minimum absolute atomic E-state index is 0.322. The SMILES string of the molecule is CC[C@H]1NCCC[C@H]1O[Si](C)(C)C(C)(C)C. The zero-order valence-corrected chi connectivity index (χ0v) is 12.9. The Hall–Kier alpha value is 0.137. The molecule has 0 aromatic carbocycles. The Kier molecular flexibility index (Phi) is 4.61. The van der Waals surface area contributed by atoms with Crippen LogP contribution in [0, 0.1) is 0 Å². The topological polar surface area (TPSA) is 21.3 Å². The van der Waals surface area contributed by atoms with Gasteiger partial charge in [0.05, 0.1) is 6.10 Å². The molecule has 1 aliphatic rings. The van der Waals surface area contributed by atoms with Gasteiger partial charge in [0, 0.05) is 6.04 Å². The molecule has 0 saturated carbocycles. The lowest BCUT2D eigenvalue weighted by Gasteiger charge is -2.43. The van der Waals surface area contributed by atoms with Gasteiger partial charge in [-0.2, -0.15) is 0 Å². The highest BCUT2D eigenvalue weighted by Gasteiger charge is 2.40. The third kappa shape index (κ3) is 3.31. The van der Waals surface area contributed by atoms with Crippen LogP contribution < -0.4 is 5.32 Å². The second-order valence-corrected chi connectivity index (χ2v) is 11.3. The molecule has 1 N–H and O–H groups in total. The molecule has 1 aliphatic heterocycles. The summed E-state index contributed by atoms with van der Waals surface area (Å²) in [6.07, 6.45) is 4.12. The van der Waals surface area contributed by atoms with Crippen molar-refractivity contribution in [1.29, 1.82) is 0 Å². The van der Waals surface area contributed by atoms with Gasteiger partial charge in [-0.3, -0.25) is 0 Å². The average Bonchev–Trinajstić information content (AvgIpc) is 2.16. The molecule has 96 valence electrons. The van der Waals surface area contributed by atoms with Crippen molar-refractivity contribution in [2.24, 2.45) is 0 Å². The fourth-order valence-electron chi connectivity index (χ4n) is 2.03. The summed E-state index contributed by atoms with van der Waals surface area (Å²) in [5.74, 6) is 0. The molecule has 0 unspecified atom stereocenters. The molecule has 2 atom stereocenters. The fraction of sp³-hybridized carbons (Fsp3) is 1.00. The van der Waals surface area contributed by atoms with Crippen LogP contribution in [0.4, 0.5) is 0 Å². The first-order valence-corrected chi connectivity index (χ1v) is 9.60. The number of rotatable bonds is 3. The maximum absolute atomic E-state index is 6.52. The molecule has 2 nitrogen and oxygen atoms in total. The number of piperidine rings is 1. The fourth-order valence-corrected chi connectivity index (χ4v) is 3.42. The van der Waals surface area contributed by atoms with E-state index in [1.54, 1.807) is 0 Å². The van der Waals surface area contributed by atoms with Crippen LogP contribution in [0.25, 0.3) is 0 Å². The van der Waals surface area contributed by atoms with E-state index in [0.717, 1.165) is 6.54 Å². The molecule has 1 rings (SSSR count). The molecular formula is C13H29NOSi. The van der Waals surface area contributed by atoms with Gasteiger partial charge in [-0.25, -0.2) is 0 Å². The molecule has 0 radical (unpaired) electrons. The first kappa shape index (κ1) is 14.2. The molecule has 0 amide bonds. The van der Waals surface area contributed by atoms with Gasteiger partial charge in [-0.1, -0.05) is 27.7 Å². The van der Waals surface area contributed by atoms with E-state index < -0.39 is 8.32 Å². The van der Waals surface area contributed by atoms with Crippen LogP contribution in [0.5, 0.6) is 0 Å². The standard InChI is InChI=1S/C13H29NOSi/c1-7-11-12(9-8-10-14-11)15-16(5,6)13(2,3)4/h11-12,14H,7-10H2,1-6H3/t11-,12-/m1/s1. The van der Waals surface area contributed by atoms with E-state index in [4.69, 9.17) is 4.43 Å². The van der Waals surface area contributed by atoms with Gasteiger partial charge in [0.2, 0.25) is 0 Å². The summed E-state index contributed by atoms with van der Waals surface area (Å²) in [6.45, 7) is 15.1. The summed E-state index contributed by atoms with van der Waals surface area (Å²) in [4.78, 5) is 0. The summed E-state index contributed by atoms with van der Waals surface area (Å²) in [7, 11) is -1.59. The van der Waals surface area contributed by atoms with Crippen molar-refractivity contribution in [3.8, 4) is 0 Å². The zero-order chi connectivity index (χ0) is 12.4. The molecule has 0 spiro atoms. The molecular weight excluding hydrogens is 214 g/mol. The monoisotopic (exact) mass is 243 g/mol. The average molecular weight is 243 g/mol. The lowest BCUT2D eigenvalue weighted by molar-refractivity contribution is 0.103. The Morgan fingerprint density at radius 1 is 1.31 bits per heavy atom. The first-order valence-electron chi connectivity index (χ1n) is 6.69. The summed E-state index contributed by atoms with van der Waals surface area (Å²) in [6, 6.07) is 0.572. The smallest absolute Gasteiger partial charge is 0.192 e. The Morgan fingerprint density at radius 3 is 2.44 bits per heavy atom. The molecule has 0 bridgehead atoms. The van der Waals surface area contributed by atoms with Crippen molar-refractivity contribution in [3.63, 3.8) is 0 Å². The molecule has 1 heterocycles. The number of nitrogens with one attached hydrogen (secondary N) is 1. The highest BCUT2D eigenvalue weighted by atomic mass is 28.4. The van der Waals surface area contributed by atoms with Gasteiger partial charge >= 0.3 is 0 Å². The van der Waals surface area contributed by atoms with E-state index in [0.29, 0.717) is 17.2 Å². The van der Waals surface area contributed by atoms with Crippen LogP contribution in [0.1, 0.15) is 47.0 Å². The van der Waals surface area contributed by atoms with Gasteiger partial charge in [-0.15, -0.1) is 0 Å². The molecule has 1 fully saturated rings. The van der Waals surface area contributed by atoms with Gasteiger partial charge < -0.3 is 9.74 Å². The summed E-state index contributed by atoms with van der Waals surface area (Å²) >= 11 is 0. The molecule has 0 aromatic heterocycles. The van der Waals surface area contributed by atoms with Gasteiger partial charge in [0.25, 0.3) is 0 Å². The van der Waals surface area contributed by atoms with Gasteiger partial charge in [0.15, 0.2) is 8.32 Å². The number of hydrogen-bond donors (Lipinski definition) is 1. The van der Waals surface area contributed by atoms with Crippen LogP contribution in [0.2, 0.25) is 18.1 Å². The summed E-state index contributed by atoms with van der Waals surface area (Å²) < 4.78 is 6.52. The second-order valence-electron chi connectivity index (χ2n) is 6.53. The van der Waals surface area contributed by atoms with Crippen LogP contribution in [0.15, 0.2) is 0 Å². The Morgan fingerprint density at radius 2 is 1.94 bits per heavy atom. The lowest BCUT2D eigenvalue weighted by atomic mass is 10.00. The van der Waals surface area contributed by atoms with Crippen molar-refractivity contribution >= 4 is 8.32 Å². The third-order valence-corrected chi connectivity index (χ3v) is 8.72. The van der Waals surface area contributed by atoms with Crippen LogP contribution >= 0.6 is 0 Å². The zero-order valence-electron chi connectivity index (χ0n) is 11.9. The van der Waals surface area contributed by atoms with Gasteiger partial charge in [0.1, 0.15) is 0 Å². The first-order chi connectivity index (χ1) is 7.28. The second kappa shape index (κ2) is 5.19.